The van der Waals surface area contributed by atoms with Crippen LogP contribution >= 0.6 is 0 Å². The number of para-hydroxylation sites is 1. The van der Waals surface area contributed by atoms with Crippen LogP contribution in [0.1, 0.15) is 18.9 Å². The van der Waals surface area contributed by atoms with Gasteiger partial charge in [0, 0.05) is 11.8 Å². The van der Waals surface area contributed by atoms with Crippen molar-refractivity contribution in [2.75, 3.05) is 11.1 Å². The number of aromatic nitrogens is 1. The first-order valence-corrected chi connectivity index (χ1v) is 6.37. The lowest BCUT2D eigenvalue weighted by Crippen LogP contribution is -2.02. The molecule has 0 amide bonds. The maximum absolute atomic E-state index is 10.7. The van der Waals surface area contributed by atoms with Gasteiger partial charge in [-0.2, -0.15) is 0 Å². The standard InChI is InChI=1S/C14H16N4O2/c1-2-5-10-6-3-4-7-11(10)16-13-9-8-12(18(19)20)14(15)17-13/h3-4,6-9H,2,5H2,1H3,(H3,15,16,17). The summed E-state index contributed by atoms with van der Waals surface area (Å²) in [6.07, 6.45) is 1.99. The second kappa shape index (κ2) is 6.01. The lowest BCUT2D eigenvalue weighted by atomic mass is 10.1. The van der Waals surface area contributed by atoms with E-state index in [0.29, 0.717) is 5.82 Å². The minimum atomic E-state index is -0.545. The van der Waals surface area contributed by atoms with Crippen LogP contribution in [0.15, 0.2) is 36.4 Å². The summed E-state index contributed by atoms with van der Waals surface area (Å²) in [6, 6.07) is 10.8. The van der Waals surface area contributed by atoms with Gasteiger partial charge < -0.3 is 11.1 Å². The van der Waals surface area contributed by atoms with Gasteiger partial charge in [0.25, 0.3) is 0 Å². The number of hydrogen-bond donors (Lipinski definition) is 2. The maximum atomic E-state index is 10.7. The topological polar surface area (TPSA) is 94.1 Å². The molecule has 2 aromatic rings. The largest absolute Gasteiger partial charge is 0.378 e. The molecular weight excluding hydrogens is 256 g/mol. The van der Waals surface area contributed by atoms with Gasteiger partial charge in [0.05, 0.1) is 4.92 Å². The van der Waals surface area contributed by atoms with E-state index in [2.05, 4.69) is 17.2 Å². The second-order valence-electron chi connectivity index (χ2n) is 4.39. The molecule has 0 saturated carbocycles. The van der Waals surface area contributed by atoms with Crippen molar-refractivity contribution in [1.29, 1.82) is 0 Å². The lowest BCUT2D eigenvalue weighted by Gasteiger charge is -2.11. The predicted molar refractivity (Wildman–Crippen MR) is 79.0 cm³/mol. The minimum Gasteiger partial charge on any atom is -0.378 e. The summed E-state index contributed by atoms with van der Waals surface area (Å²) in [6.45, 7) is 2.11. The average molecular weight is 272 g/mol. The van der Waals surface area contributed by atoms with Crippen LogP contribution in [0.4, 0.5) is 23.0 Å². The number of nitrogens with zero attached hydrogens (tertiary/aromatic N) is 2. The number of nitrogens with one attached hydrogen (secondary N) is 1. The van der Waals surface area contributed by atoms with Gasteiger partial charge in [0.15, 0.2) is 0 Å². The van der Waals surface area contributed by atoms with Gasteiger partial charge in [-0.3, -0.25) is 10.1 Å². The smallest absolute Gasteiger partial charge is 0.311 e. The number of rotatable bonds is 5. The summed E-state index contributed by atoms with van der Waals surface area (Å²) in [5, 5.41) is 13.8. The summed E-state index contributed by atoms with van der Waals surface area (Å²) >= 11 is 0. The van der Waals surface area contributed by atoms with Crippen molar-refractivity contribution in [2.24, 2.45) is 0 Å². The molecule has 0 fully saturated rings. The van der Waals surface area contributed by atoms with E-state index in [1.54, 1.807) is 6.07 Å². The molecule has 0 aliphatic carbocycles. The first kappa shape index (κ1) is 13.8. The Labute approximate surface area is 116 Å². The van der Waals surface area contributed by atoms with E-state index >= 15 is 0 Å². The zero-order valence-electron chi connectivity index (χ0n) is 11.2. The van der Waals surface area contributed by atoms with Crippen LogP contribution in [0, 0.1) is 10.1 Å². The second-order valence-corrected chi connectivity index (χ2v) is 4.39. The zero-order chi connectivity index (χ0) is 14.5. The number of hydrogen-bond acceptors (Lipinski definition) is 5. The molecule has 104 valence electrons. The van der Waals surface area contributed by atoms with Crippen molar-refractivity contribution in [3.05, 3.63) is 52.1 Å². The van der Waals surface area contributed by atoms with Crippen molar-refractivity contribution in [3.63, 3.8) is 0 Å². The SMILES string of the molecule is CCCc1ccccc1Nc1ccc([N+](=O)[O-])c(N)n1. The van der Waals surface area contributed by atoms with Crippen molar-refractivity contribution in [2.45, 2.75) is 19.8 Å². The monoisotopic (exact) mass is 272 g/mol. The molecule has 0 spiro atoms. The molecule has 1 aromatic heterocycles. The number of nitro groups is 1. The first-order valence-electron chi connectivity index (χ1n) is 6.37. The van der Waals surface area contributed by atoms with E-state index in [4.69, 9.17) is 5.73 Å². The Bertz CT molecular complexity index is 628. The first-order chi connectivity index (χ1) is 9.61. The highest BCUT2D eigenvalue weighted by atomic mass is 16.6. The number of anilines is 3. The van der Waals surface area contributed by atoms with E-state index in [1.165, 1.54) is 11.6 Å². The van der Waals surface area contributed by atoms with Crippen LogP contribution in [-0.2, 0) is 6.42 Å². The van der Waals surface area contributed by atoms with Crippen molar-refractivity contribution in [3.8, 4) is 0 Å². The third-order valence-electron chi connectivity index (χ3n) is 2.90. The molecule has 1 aromatic carbocycles. The number of nitrogen functional groups attached to an aromatic ring is 1. The van der Waals surface area contributed by atoms with Crippen LogP contribution in [-0.4, -0.2) is 9.91 Å². The third-order valence-corrected chi connectivity index (χ3v) is 2.90. The normalized spacial score (nSPS) is 10.2. The van der Waals surface area contributed by atoms with Crippen LogP contribution in [0.3, 0.4) is 0 Å². The van der Waals surface area contributed by atoms with E-state index in [0.717, 1.165) is 18.5 Å². The fourth-order valence-electron chi connectivity index (χ4n) is 1.96. The summed E-state index contributed by atoms with van der Waals surface area (Å²) in [7, 11) is 0. The highest BCUT2D eigenvalue weighted by molar-refractivity contribution is 5.64. The fraction of sp³-hybridized carbons (Fsp3) is 0.214. The molecule has 0 aliphatic heterocycles. The Kier molecular flexibility index (Phi) is 4.14. The van der Waals surface area contributed by atoms with Crippen LogP contribution < -0.4 is 11.1 Å². The summed E-state index contributed by atoms with van der Waals surface area (Å²) in [5.74, 6) is 0.407. The maximum Gasteiger partial charge on any atom is 0.311 e. The number of nitrogens with two attached hydrogens (primary N) is 1. The van der Waals surface area contributed by atoms with Gasteiger partial charge in [-0.25, -0.2) is 4.98 Å². The Hall–Kier alpha value is -2.63. The molecular formula is C14H16N4O2. The predicted octanol–water partition coefficient (Wildman–Crippen LogP) is 3.27. The molecule has 20 heavy (non-hydrogen) atoms. The number of benzene rings is 1. The molecule has 0 radical (unpaired) electrons. The van der Waals surface area contributed by atoms with Gasteiger partial charge in [-0.1, -0.05) is 31.5 Å². The van der Waals surface area contributed by atoms with Crippen LogP contribution in [0.5, 0.6) is 0 Å². The molecule has 0 saturated heterocycles. The molecule has 0 unspecified atom stereocenters. The fourth-order valence-corrected chi connectivity index (χ4v) is 1.96. The third kappa shape index (κ3) is 3.03. The Morgan fingerprint density at radius 2 is 2.05 bits per heavy atom. The summed E-state index contributed by atoms with van der Waals surface area (Å²) < 4.78 is 0. The molecule has 3 N–H and O–H groups in total. The van der Waals surface area contributed by atoms with E-state index < -0.39 is 4.92 Å². The quantitative estimate of drug-likeness (QED) is 0.643. The Morgan fingerprint density at radius 1 is 1.30 bits per heavy atom. The van der Waals surface area contributed by atoms with Crippen LogP contribution in [0.25, 0.3) is 0 Å². The highest BCUT2D eigenvalue weighted by Gasteiger charge is 2.13. The van der Waals surface area contributed by atoms with Crippen molar-refractivity contribution >= 4 is 23.0 Å². The number of aryl methyl sites for hydroxylation is 1. The van der Waals surface area contributed by atoms with E-state index in [9.17, 15) is 10.1 Å². The molecule has 0 bridgehead atoms. The summed E-state index contributed by atoms with van der Waals surface area (Å²) in [4.78, 5) is 14.2. The highest BCUT2D eigenvalue weighted by Crippen LogP contribution is 2.25. The van der Waals surface area contributed by atoms with Gasteiger partial charge in [0.1, 0.15) is 5.82 Å². The van der Waals surface area contributed by atoms with Gasteiger partial charge in [-0.15, -0.1) is 0 Å². The lowest BCUT2D eigenvalue weighted by molar-refractivity contribution is -0.384. The Balaban J connectivity index is 2.26. The summed E-state index contributed by atoms with van der Waals surface area (Å²) in [5.41, 5.74) is 7.51. The van der Waals surface area contributed by atoms with Gasteiger partial charge in [-0.05, 0) is 24.1 Å². The molecule has 6 heteroatoms. The van der Waals surface area contributed by atoms with Crippen molar-refractivity contribution < 1.29 is 4.92 Å². The molecule has 2 rings (SSSR count). The molecule has 0 atom stereocenters. The zero-order valence-corrected chi connectivity index (χ0v) is 11.2. The Morgan fingerprint density at radius 3 is 2.70 bits per heavy atom. The molecule has 1 heterocycles. The van der Waals surface area contributed by atoms with Crippen LogP contribution in [0.2, 0.25) is 0 Å². The van der Waals surface area contributed by atoms with Gasteiger partial charge >= 0.3 is 5.69 Å². The average Bonchev–Trinajstić information content (AvgIpc) is 2.41. The molecule has 6 nitrogen and oxygen atoms in total. The van der Waals surface area contributed by atoms with E-state index in [-0.39, 0.29) is 11.5 Å². The minimum absolute atomic E-state index is 0.0898. The van der Waals surface area contributed by atoms with E-state index in [1.807, 2.05) is 24.3 Å². The number of pyridine rings is 1. The molecule has 0 aliphatic rings. The van der Waals surface area contributed by atoms with Gasteiger partial charge in [0.2, 0.25) is 5.82 Å². The van der Waals surface area contributed by atoms with Crippen molar-refractivity contribution in [1.82, 2.24) is 4.98 Å².